The molecule has 0 atom stereocenters. The van der Waals surface area contributed by atoms with Crippen LogP contribution < -0.4 is 14.4 Å². The number of carbonyl (C=O) groups excluding carboxylic acids is 1. The van der Waals surface area contributed by atoms with Crippen LogP contribution in [-0.2, 0) is 4.79 Å². The maximum Gasteiger partial charge on any atom is 0.323 e. The van der Waals surface area contributed by atoms with Crippen LogP contribution in [0.5, 0.6) is 11.5 Å². The van der Waals surface area contributed by atoms with Crippen molar-refractivity contribution in [1.29, 1.82) is 0 Å². The van der Waals surface area contributed by atoms with Gasteiger partial charge < -0.3 is 14.6 Å². The third kappa shape index (κ3) is 4.58. The number of carboxylic acids is 1. The molecule has 1 aliphatic rings. The normalized spacial score (nSPS) is 14.0. The smallest absolute Gasteiger partial charge is 0.323 e. The molecule has 0 spiro atoms. The molecule has 0 bridgehead atoms. The van der Waals surface area contributed by atoms with Gasteiger partial charge in [0.25, 0.3) is 5.91 Å². The number of benzene rings is 2. The number of anilines is 1. The third-order valence-corrected chi connectivity index (χ3v) is 4.61. The van der Waals surface area contributed by atoms with Crippen molar-refractivity contribution in [2.24, 2.45) is 0 Å². The molecule has 1 amide bonds. The van der Waals surface area contributed by atoms with Gasteiger partial charge in [0.15, 0.2) is 11.5 Å². The number of ether oxygens (including phenoxy) is 2. The molecule has 0 radical (unpaired) electrons. The van der Waals surface area contributed by atoms with E-state index in [1.165, 1.54) is 4.90 Å². The topological polar surface area (TPSA) is 76.1 Å². The van der Waals surface area contributed by atoms with Crippen LogP contribution >= 0.6 is 0 Å². The average Bonchev–Trinajstić information content (AvgIpc) is 3.19. The van der Waals surface area contributed by atoms with Crippen LogP contribution in [0.3, 0.4) is 0 Å². The lowest BCUT2D eigenvalue weighted by Crippen LogP contribution is -2.35. The molecule has 0 aliphatic heterocycles. The lowest BCUT2D eigenvalue weighted by Gasteiger charge is -2.22. The van der Waals surface area contributed by atoms with Crippen LogP contribution in [-0.4, -0.2) is 36.7 Å². The number of rotatable bonds is 7. The molecule has 1 fully saturated rings. The van der Waals surface area contributed by atoms with E-state index in [0.717, 1.165) is 25.7 Å². The Kier molecular flexibility index (Phi) is 5.96. The van der Waals surface area contributed by atoms with Crippen molar-refractivity contribution in [1.82, 2.24) is 0 Å². The quantitative estimate of drug-likeness (QED) is 0.804. The van der Waals surface area contributed by atoms with Crippen molar-refractivity contribution < 1.29 is 24.2 Å². The number of methoxy groups -OCH3 is 1. The first-order valence-electron chi connectivity index (χ1n) is 9.02. The third-order valence-electron chi connectivity index (χ3n) is 4.61. The van der Waals surface area contributed by atoms with Crippen molar-refractivity contribution in [2.45, 2.75) is 31.8 Å². The van der Waals surface area contributed by atoms with E-state index < -0.39 is 18.4 Å². The highest BCUT2D eigenvalue weighted by Gasteiger charge is 2.23. The predicted octanol–water partition coefficient (Wildman–Crippen LogP) is 3.75. The molecule has 0 aromatic heterocycles. The van der Waals surface area contributed by atoms with Gasteiger partial charge in [-0.15, -0.1) is 0 Å². The maximum absolute atomic E-state index is 13.0. The summed E-state index contributed by atoms with van der Waals surface area (Å²) in [5, 5.41) is 9.23. The van der Waals surface area contributed by atoms with Gasteiger partial charge in [-0.1, -0.05) is 18.2 Å². The number of nitrogens with zero attached hydrogens (tertiary/aromatic N) is 1. The first-order valence-corrected chi connectivity index (χ1v) is 9.02. The van der Waals surface area contributed by atoms with Crippen molar-refractivity contribution in [3.63, 3.8) is 0 Å². The summed E-state index contributed by atoms with van der Waals surface area (Å²) in [5.41, 5.74) is 0.882. The van der Waals surface area contributed by atoms with Gasteiger partial charge in [0.05, 0.1) is 13.2 Å². The first kappa shape index (κ1) is 18.8. The second-order valence-corrected chi connectivity index (χ2v) is 6.51. The highest BCUT2D eigenvalue weighted by molar-refractivity contribution is 6.08. The molecule has 3 rings (SSSR count). The van der Waals surface area contributed by atoms with E-state index >= 15 is 0 Å². The molecule has 2 aromatic rings. The van der Waals surface area contributed by atoms with Crippen LogP contribution in [0.15, 0.2) is 48.5 Å². The predicted molar refractivity (Wildman–Crippen MR) is 102 cm³/mol. The van der Waals surface area contributed by atoms with E-state index in [0.29, 0.717) is 22.7 Å². The molecule has 2 aromatic carbocycles. The summed E-state index contributed by atoms with van der Waals surface area (Å²) in [7, 11) is 1.55. The Morgan fingerprint density at radius 2 is 1.78 bits per heavy atom. The van der Waals surface area contributed by atoms with Gasteiger partial charge in [-0.25, -0.2) is 0 Å². The number of aliphatic carboxylic acids is 1. The van der Waals surface area contributed by atoms with Crippen LogP contribution in [0.25, 0.3) is 0 Å². The Bertz CT molecular complexity index is 799. The van der Waals surface area contributed by atoms with Gasteiger partial charge in [0.1, 0.15) is 6.54 Å². The van der Waals surface area contributed by atoms with Gasteiger partial charge in [0.2, 0.25) is 0 Å². The Morgan fingerprint density at radius 1 is 1.07 bits per heavy atom. The Morgan fingerprint density at radius 3 is 2.41 bits per heavy atom. The van der Waals surface area contributed by atoms with E-state index in [1.54, 1.807) is 49.6 Å². The summed E-state index contributed by atoms with van der Waals surface area (Å²) in [4.78, 5) is 25.6. The fraction of sp³-hybridized carbons (Fsp3) is 0.333. The van der Waals surface area contributed by atoms with E-state index in [-0.39, 0.29) is 6.10 Å². The van der Waals surface area contributed by atoms with E-state index in [1.807, 2.05) is 6.07 Å². The second-order valence-electron chi connectivity index (χ2n) is 6.51. The summed E-state index contributed by atoms with van der Waals surface area (Å²) < 4.78 is 11.4. The highest BCUT2D eigenvalue weighted by Crippen LogP contribution is 2.33. The SMILES string of the molecule is COc1ccc(C(=O)N(CC(=O)O)c2ccccc2)cc1OC1CCCC1. The van der Waals surface area contributed by atoms with Crippen LogP contribution in [0.2, 0.25) is 0 Å². The van der Waals surface area contributed by atoms with Crippen molar-refractivity contribution in [3.8, 4) is 11.5 Å². The van der Waals surface area contributed by atoms with Gasteiger partial charge in [-0.05, 0) is 56.0 Å². The number of amides is 1. The number of hydrogen-bond acceptors (Lipinski definition) is 4. The molecule has 1 aliphatic carbocycles. The molecule has 142 valence electrons. The lowest BCUT2D eigenvalue weighted by molar-refractivity contribution is -0.135. The Hall–Kier alpha value is -3.02. The molecule has 0 unspecified atom stereocenters. The van der Waals surface area contributed by atoms with Crippen molar-refractivity contribution in [2.75, 3.05) is 18.6 Å². The van der Waals surface area contributed by atoms with Crippen molar-refractivity contribution in [3.05, 3.63) is 54.1 Å². The fourth-order valence-electron chi connectivity index (χ4n) is 3.27. The highest BCUT2D eigenvalue weighted by atomic mass is 16.5. The van der Waals surface area contributed by atoms with Crippen LogP contribution in [0, 0.1) is 0 Å². The van der Waals surface area contributed by atoms with Gasteiger partial charge in [0, 0.05) is 11.3 Å². The second kappa shape index (κ2) is 8.58. The molecule has 27 heavy (non-hydrogen) atoms. The standard InChI is InChI=1S/C21H23NO5/c1-26-18-12-11-15(13-19(18)27-17-9-5-6-10-17)21(25)22(14-20(23)24)16-7-3-2-4-8-16/h2-4,7-8,11-13,17H,5-6,9-10,14H2,1H3,(H,23,24). The van der Waals surface area contributed by atoms with Gasteiger partial charge in [-0.3, -0.25) is 14.5 Å². The Balaban J connectivity index is 1.90. The van der Waals surface area contributed by atoms with Gasteiger partial charge in [-0.2, -0.15) is 0 Å². The molecule has 1 saturated carbocycles. The molecule has 6 nitrogen and oxygen atoms in total. The largest absolute Gasteiger partial charge is 0.493 e. The monoisotopic (exact) mass is 369 g/mol. The van der Waals surface area contributed by atoms with Gasteiger partial charge >= 0.3 is 5.97 Å². The van der Waals surface area contributed by atoms with Crippen LogP contribution in [0.4, 0.5) is 5.69 Å². The number of hydrogen-bond donors (Lipinski definition) is 1. The molecule has 0 heterocycles. The summed E-state index contributed by atoms with van der Waals surface area (Å²) in [6.07, 6.45) is 4.35. The molecule has 1 N–H and O–H groups in total. The summed E-state index contributed by atoms with van der Waals surface area (Å²) in [5.74, 6) is -0.410. The average molecular weight is 369 g/mol. The number of carbonyl (C=O) groups is 2. The van der Waals surface area contributed by atoms with E-state index in [9.17, 15) is 14.7 Å². The Labute approximate surface area is 158 Å². The van der Waals surface area contributed by atoms with Crippen molar-refractivity contribution >= 4 is 17.6 Å². The zero-order valence-electron chi connectivity index (χ0n) is 15.3. The minimum atomic E-state index is -1.08. The summed E-state index contributed by atoms with van der Waals surface area (Å²) in [6.45, 7) is -0.423. The molecular weight excluding hydrogens is 346 g/mol. The molecule has 0 saturated heterocycles. The lowest BCUT2D eigenvalue weighted by atomic mass is 10.1. The summed E-state index contributed by atoms with van der Waals surface area (Å²) in [6, 6.07) is 13.7. The first-order chi connectivity index (χ1) is 13.1. The zero-order valence-corrected chi connectivity index (χ0v) is 15.3. The minimum Gasteiger partial charge on any atom is -0.493 e. The molecular formula is C21H23NO5. The van der Waals surface area contributed by atoms with E-state index in [2.05, 4.69) is 0 Å². The fourth-order valence-corrected chi connectivity index (χ4v) is 3.27. The minimum absolute atomic E-state index is 0.119. The number of carboxylic acid groups (broad SMARTS) is 1. The number of para-hydroxylation sites is 1. The zero-order chi connectivity index (χ0) is 19.2. The van der Waals surface area contributed by atoms with E-state index in [4.69, 9.17) is 9.47 Å². The molecule has 6 heteroatoms. The van der Waals surface area contributed by atoms with Crippen LogP contribution in [0.1, 0.15) is 36.0 Å². The maximum atomic E-state index is 13.0. The summed E-state index contributed by atoms with van der Waals surface area (Å²) >= 11 is 0.